The van der Waals surface area contributed by atoms with Gasteiger partial charge in [0.1, 0.15) is 0 Å². The van der Waals surface area contributed by atoms with Crippen LogP contribution in [-0.2, 0) is 0 Å². The van der Waals surface area contributed by atoms with Gasteiger partial charge in [-0.25, -0.2) is 9.89 Å². The molecule has 0 aliphatic rings. The molecule has 1 aromatic heterocycles. The highest BCUT2D eigenvalue weighted by atomic mass is 16.2. The zero-order valence-electron chi connectivity index (χ0n) is 8.83. The molecule has 0 amide bonds. The van der Waals surface area contributed by atoms with Gasteiger partial charge in [0.2, 0.25) is 0 Å². The van der Waals surface area contributed by atoms with Crippen LogP contribution in [0.25, 0.3) is 12.2 Å². The Morgan fingerprint density at radius 1 is 1.18 bits per heavy atom. The summed E-state index contributed by atoms with van der Waals surface area (Å²) in [5, 5.41) is 5.74. The molecule has 17 heavy (non-hydrogen) atoms. The first-order valence-corrected chi connectivity index (χ1v) is 4.88. The van der Waals surface area contributed by atoms with Crippen LogP contribution in [0, 0.1) is 0 Å². The minimum absolute atomic E-state index is 0.0796. The number of hydrogen-bond acceptors (Lipinski definition) is 4. The van der Waals surface area contributed by atoms with E-state index >= 15 is 0 Å². The summed E-state index contributed by atoms with van der Waals surface area (Å²) in [6.07, 6.45) is 3.21. The molecule has 0 spiro atoms. The van der Waals surface area contributed by atoms with Crippen LogP contribution in [0.1, 0.15) is 11.3 Å². The van der Waals surface area contributed by atoms with Crippen LogP contribution >= 0.6 is 0 Å². The largest absolute Gasteiger partial charge is 0.363 e. The monoisotopic (exact) mass is 230 g/mol. The minimum atomic E-state index is -0.744. The Bertz CT molecular complexity index is 655. The van der Waals surface area contributed by atoms with Gasteiger partial charge in [0.05, 0.1) is 0 Å². The second-order valence-corrected chi connectivity index (χ2v) is 3.33. The highest BCUT2D eigenvalue weighted by molar-refractivity contribution is 5.67. The quantitative estimate of drug-likeness (QED) is 0.699. The van der Waals surface area contributed by atoms with Gasteiger partial charge in [-0.1, -0.05) is 36.4 Å². The lowest BCUT2D eigenvalue weighted by Crippen LogP contribution is -2.42. The summed E-state index contributed by atoms with van der Waals surface area (Å²) in [6, 6.07) is 9.40. The lowest BCUT2D eigenvalue weighted by molar-refractivity contribution is 0.762. The van der Waals surface area contributed by atoms with E-state index in [9.17, 15) is 9.59 Å². The van der Waals surface area contributed by atoms with Crippen LogP contribution in [0.5, 0.6) is 0 Å². The molecule has 86 valence electrons. The third-order valence-corrected chi connectivity index (χ3v) is 2.16. The molecule has 0 fully saturated rings. The Labute approximate surface area is 96.0 Å². The molecule has 6 nitrogen and oxygen atoms in total. The summed E-state index contributed by atoms with van der Waals surface area (Å²) >= 11 is 0. The molecule has 0 saturated heterocycles. The van der Waals surface area contributed by atoms with Crippen LogP contribution in [0.3, 0.4) is 0 Å². The number of rotatable bonds is 2. The van der Waals surface area contributed by atoms with E-state index in [-0.39, 0.29) is 5.69 Å². The smallest absolute Gasteiger partial charge is 0.332 e. The number of nitrogens with two attached hydrogens (primary N) is 1. The van der Waals surface area contributed by atoms with Crippen molar-refractivity contribution in [2.24, 2.45) is 0 Å². The standard InChI is InChI=1S/C11H10N4O2/c12-15-10(16)9(13-14-11(15)17)7-6-8-4-2-1-3-5-8/h1-7H,12H2,(H,14,17)/b7-6+. The van der Waals surface area contributed by atoms with E-state index < -0.39 is 11.2 Å². The van der Waals surface area contributed by atoms with E-state index in [1.807, 2.05) is 30.3 Å². The number of nitrogens with zero attached hydrogens (tertiary/aromatic N) is 2. The summed E-state index contributed by atoms with van der Waals surface area (Å²) in [5.41, 5.74) is -0.382. The molecule has 0 radical (unpaired) electrons. The number of aromatic nitrogens is 3. The molecular formula is C11H10N4O2. The van der Waals surface area contributed by atoms with E-state index in [0.29, 0.717) is 4.68 Å². The van der Waals surface area contributed by atoms with Crippen molar-refractivity contribution in [3.63, 3.8) is 0 Å². The van der Waals surface area contributed by atoms with E-state index in [1.54, 1.807) is 6.08 Å². The molecule has 0 atom stereocenters. The van der Waals surface area contributed by atoms with Crippen molar-refractivity contribution in [2.75, 3.05) is 5.84 Å². The first-order chi connectivity index (χ1) is 8.18. The molecule has 3 N–H and O–H groups in total. The van der Waals surface area contributed by atoms with Gasteiger partial charge in [-0.3, -0.25) is 4.79 Å². The summed E-state index contributed by atoms with van der Waals surface area (Å²) in [6.45, 7) is 0. The fourth-order valence-corrected chi connectivity index (χ4v) is 1.27. The SMILES string of the molecule is Nn1c(=O)[nH]nc(/C=C/c2ccccc2)c1=O. The summed E-state index contributed by atoms with van der Waals surface area (Å²) in [4.78, 5) is 22.5. The van der Waals surface area contributed by atoms with Crippen LogP contribution in [0.2, 0.25) is 0 Å². The normalized spacial score (nSPS) is 10.8. The number of benzene rings is 1. The van der Waals surface area contributed by atoms with Crippen molar-refractivity contribution in [3.8, 4) is 0 Å². The first kappa shape index (κ1) is 10.9. The summed E-state index contributed by atoms with van der Waals surface area (Å²) < 4.78 is 0.484. The molecule has 0 saturated carbocycles. The average molecular weight is 230 g/mol. The Hall–Kier alpha value is -2.63. The van der Waals surface area contributed by atoms with Crippen molar-refractivity contribution in [1.29, 1.82) is 0 Å². The zero-order chi connectivity index (χ0) is 12.3. The zero-order valence-corrected chi connectivity index (χ0v) is 8.83. The van der Waals surface area contributed by atoms with Gasteiger partial charge >= 0.3 is 11.2 Å². The predicted octanol–water partition coefficient (Wildman–Crippen LogP) is -0.184. The third-order valence-electron chi connectivity index (χ3n) is 2.16. The molecule has 2 aromatic rings. The van der Waals surface area contributed by atoms with Gasteiger partial charge in [0.15, 0.2) is 5.69 Å². The Kier molecular flexibility index (Phi) is 2.87. The molecule has 1 heterocycles. The minimum Gasteiger partial charge on any atom is -0.332 e. The third kappa shape index (κ3) is 2.31. The lowest BCUT2D eigenvalue weighted by Gasteiger charge is -1.96. The molecular weight excluding hydrogens is 220 g/mol. The van der Waals surface area contributed by atoms with E-state index in [0.717, 1.165) is 5.56 Å². The molecule has 2 rings (SSSR count). The highest BCUT2D eigenvalue weighted by Gasteiger charge is 2.02. The van der Waals surface area contributed by atoms with Crippen molar-refractivity contribution in [2.45, 2.75) is 0 Å². The topological polar surface area (TPSA) is 93.8 Å². The van der Waals surface area contributed by atoms with Crippen molar-refractivity contribution < 1.29 is 0 Å². The number of hydrogen-bond donors (Lipinski definition) is 2. The highest BCUT2D eigenvalue weighted by Crippen LogP contribution is 2.02. The first-order valence-electron chi connectivity index (χ1n) is 4.88. The van der Waals surface area contributed by atoms with Crippen LogP contribution in [0.15, 0.2) is 39.9 Å². The Morgan fingerprint density at radius 2 is 1.88 bits per heavy atom. The fraction of sp³-hybridized carbons (Fsp3) is 0. The van der Waals surface area contributed by atoms with Crippen LogP contribution in [-0.4, -0.2) is 14.9 Å². The summed E-state index contributed by atoms with van der Waals surface area (Å²) in [7, 11) is 0. The van der Waals surface area contributed by atoms with Gasteiger partial charge in [-0.05, 0) is 11.6 Å². The maximum atomic E-state index is 11.5. The molecule has 0 aliphatic heterocycles. The van der Waals surface area contributed by atoms with Crippen LogP contribution in [0.4, 0.5) is 0 Å². The number of aromatic amines is 1. The fourth-order valence-electron chi connectivity index (χ4n) is 1.27. The average Bonchev–Trinajstić information content (AvgIpc) is 2.36. The second-order valence-electron chi connectivity index (χ2n) is 3.33. The molecule has 0 bridgehead atoms. The number of nitrogen functional groups attached to an aromatic ring is 1. The lowest BCUT2D eigenvalue weighted by atomic mass is 10.2. The second kappa shape index (κ2) is 4.48. The number of nitrogens with one attached hydrogen (secondary N) is 1. The van der Waals surface area contributed by atoms with Gasteiger partial charge in [0, 0.05) is 0 Å². The Balaban J connectivity index is 2.38. The van der Waals surface area contributed by atoms with E-state index in [2.05, 4.69) is 10.2 Å². The van der Waals surface area contributed by atoms with E-state index in [1.165, 1.54) is 6.08 Å². The van der Waals surface area contributed by atoms with Crippen molar-refractivity contribution in [1.82, 2.24) is 14.9 Å². The van der Waals surface area contributed by atoms with Gasteiger partial charge < -0.3 is 5.84 Å². The van der Waals surface area contributed by atoms with Gasteiger partial charge in [-0.2, -0.15) is 9.77 Å². The van der Waals surface area contributed by atoms with E-state index in [4.69, 9.17) is 5.84 Å². The maximum Gasteiger partial charge on any atom is 0.363 e. The molecule has 0 unspecified atom stereocenters. The van der Waals surface area contributed by atoms with Crippen LogP contribution < -0.4 is 17.1 Å². The Morgan fingerprint density at radius 3 is 2.59 bits per heavy atom. The molecule has 0 aliphatic carbocycles. The summed E-state index contributed by atoms with van der Waals surface area (Å²) in [5.74, 6) is 5.24. The molecule has 1 aromatic carbocycles. The molecule has 6 heteroatoms. The predicted molar refractivity (Wildman–Crippen MR) is 64.6 cm³/mol. The van der Waals surface area contributed by atoms with Gasteiger partial charge in [-0.15, -0.1) is 0 Å². The van der Waals surface area contributed by atoms with Crippen molar-refractivity contribution in [3.05, 3.63) is 62.4 Å². The van der Waals surface area contributed by atoms with Gasteiger partial charge in [0.25, 0.3) is 0 Å². The van der Waals surface area contributed by atoms with Crippen molar-refractivity contribution >= 4 is 12.2 Å². The maximum absolute atomic E-state index is 11.5. The number of H-pyrrole nitrogens is 1.